The molecule has 0 unspecified atom stereocenters. The molecule has 0 atom stereocenters. The molecule has 100 valence electrons. The largest absolute Gasteiger partial charge is 0.348 e. The maximum atomic E-state index is 11.7. The summed E-state index contributed by atoms with van der Waals surface area (Å²) in [5.74, 6) is 0. The quantitative estimate of drug-likeness (QED) is 0.634. The second-order valence-electron chi connectivity index (χ2n) is 5.36. The highest BCUT2D eigenvalue weighted by atomic mass is 16.1. The van der Waals surface area contributed by atoms with Crippen molar-refractivity contribution in [1.82, 2.24) is 19.9 Å². The minimum atomic E-state index is -0.418. The Kier molecular flexibility index (Phi) is 3.01. The van der Waals surface area contributed by atoms with Gasteiger partial charge in [-0.25, -0.2) is 4.98 Å². The third kappa shape index (κ3) is 2.57. The van der Waals surface area contributed by atoms with Crippen LogP contribution >= 0.6 is 0 Å². The second kappa shape index (κ2) is 4.38. The third-order valence-corrected chi connectivity index (χ3v) is 2.73. The van der Waals surface area contributed by atoms with Gasteiger partial charge in [0.2, 0.25) is 0 Å². The van der Waals surface area contributed by atoms with Gasteiger partial charge in [-0.3, -0.25) is 9.59 Å². The van der Waals surface area contributed by atoms with E-state index in [0.717, 1.165) is 5.69 Å². The summed E-state index contributed by atoms with van der Waals surface area (Å²) < 4.78 is 0. The Morgan fingerprint density at radius 3 is 2.53 bits per heavy atom. The first kappa shape index (κ1) is 13.1. The normalized spacial score (nSPS) is 12.9. The fourth-order valence-electron chi connectivity index (χ4n) is 1.77. The molecule has 6 heteroatoms. The van der Waals surface area contributed by atoms with E-state index in [9.17, 15) is 9.59 Å². The van der Waals surface area contributed by atoms with Crippen LogP contribution in [0.4, 0.5) is 0 Å². The molecule has 2 aromatic heterocycles. The Bertz CT molecular complexity index is 818. The number of rotatable bonds is 1. The van der Waals surface area contributed by atoms with Gasteiger partial charge in [0.05, 0.1) is 17.4 Å². The van der Waals surface area contributed by atoms with E-state index in [4.69, 9.17) is 0 Å². The molecule has 0 bridgehead atoms. The van der Waals surface area contributed by atoms with E-state index in [1.165, 1.54) is 0 Å². The molecule has 3 N–H and O–H groups in total. The molecule has 0 aromatic carbocycles. The van der Waals surface area contributed by atoms with Gasteiger partial charge < -0.3 is 15.0 Å². The Hall–Kier alpha value is -2.37. The first-order chi connectivity index (χ1) is 8.79. The van der Waals surface area contributed by atoms with Gasteiger partial charge >= 0.3 is 0 Å². The van der Waals surface area contributed by atoms with Crippen LogP contribution in [0, 0.1) is 0 Å². The Balaban J connectivity index is 2.70. The zero-order valence-corrected chi connectivity index (χ0v) is 11.1. The lowest BCUT2D eigenvalue weighted by atomic mass is 9.90. The lowest BCUT2D eigenvalue weighted by molar-refractivity contribution is 0.571. The van der Waals surface area contributed by atoms with Gasteiger partial charge in [-0.15, -0.1) is 0 Å². The number of nitrogens with one attached hydrogen (secondary N) is 3. The second-order valence-corrected chi connectivity index (χ2v) is 5.36. The fourth-order valence-corrected chi connectivity index (χ4v) is 1.77. The monoisotopic (exact) mass is 260 g/mol. The smallest absolute Gasteiger partial charge is 0.272 e. The van der Waals surface area contributed by atoms with E-state index in [1.54, 1.807) is 12.4 Å². The van der Waals surface area contributed by atoms with Gasteiger partial charge in [0.25, 0.3) is 11.1 Å². The molecule has 0 radical (unpaired) electrons. The molecule has 0 aliphatic rings. The van der Waals surface area contributed by atoms with E-state index >= 15 is 0 Å². The van der Waals surface area contributed by atoms with Crippen LogP contribution in [0.5, 0.6) is 0 Å². The van der Waals surface area contributed by atoms with Crippen LogP contribution in [-0.4, -0.2) is 19.9 Å². The van der Waals surface area contributed by atoms with Gasteiger partial charge in [0.1, 0.15) is 5.35 Å². The number of hydrogen-bond donors (Lipinski definition) is 3. The van der Waals surface area contributed by atoms with E-state index in [1.807, 2.05) is 20.8 Å². The molecule has 0 spiro atoms. The van der Waals surface area contributed by atoms with E-state index < -0.39 is 11.1 Å². The summed E-state index contributed by atoms with van der Waals surface area (Å²) in [6.07, 6.45) is 3.12. The minimum absolute atomic E-state index is 0.0419. The molecular weight excluding hydrogens is 244 g/mol. The summed E-state index contributed by atoms with van der Waals surface area (Å²) >= 11 is 0. The van der Waals surface area contributed by atoms with E-state index in [-0.39, 0.29) is 16.1 Å². The summed E-state index contributed by atoms with van der Waals surface area (Å²) in [6, 6.07) is 0. The summed E-state index contributed by atoms with van der Waals surface area (Å²) in [5, 5.41) is 0.204. The van der Waals surface area contributed by atoms with Crippen molar-refractivity contribution in [2.45, 2.75) is 26.2 Å². The minimum Gasteiger partial charge on any atom is -0.348 e. The van der Waals surface area contributed by atoms with Crippen LogP contribution in [0.15, 0.2) is 15.9 Å². The van der Waals surface area contributed by atoms with Crippen LogP contribution in [-0.2, 0) is 5.41 Å². The van der Waals surface area contributed by atoms with Crippen LogP contribution in [0.25, 0.3) is 12.7 Å². The molecule has 0 fully saturated rings. The number of aromatic amines is 3. The van der Waals surface area contributed by atoms with Gasteiger partial charge in [-0.2, -0.15) is 0 Å². The summed E-state index contributed by atoms with van der Waals surface area (Å²) in [7, 11) is 0. The van der Waals surface area contributed by atoms with Crippen molar-refractivity contribution in [3.63, 3.8) is 0 Å². The average molecular weight is 260 g/mol. The van der Waals surface area contributed by atoms with Crippen LogP contribution in [0.3, 0.4) is 0 Å². The van der Waals surface area contributed by atoms with Crippen molar-refractivity contribution in [3.05, 3.63) is 49.1 Å². The maximum absolute atomic E-state index is 11.7. The highest BCUT2D eigenvalue weighted by molar-refractivity contribution is 5.47. The molecule has 0 aliphatic heterocycles. The molecule has 0 amide bonds. The van der Waals surface area contributed by atoms with Gasteiger partial charge in [-0.1, -0.05) is 27.4 Å². The number of H-pyrrole nitrogens is 3. The summed E-state index contributed by atoms with van der Waals surface area (Å²) in [4.78, 5) is 35.3. The Morgan fingerprint density at radius 2 is 1.89 bits per heavy atom. The number of aromatic nitrogens is 4. The molecule has 0 saturated heterocycles. The number of nitrogens with zero attached hydrogens (tertiary/aromatic N) is 1. The van der Waals surface area contributed by atoms with Crippen molar-refractivity contribution in [2.24, 2.45) is 0 Å². The first-order valence-corrected chi connectivity index (χ1v) is 5.86. The molecule has 19 heavy (non-hydrogen) atoms. The average Bonchev–Trinajstić information content (AvgIpc) is 2.73. The molecule has 2 aromatic rings. The number of imidazole rings is 1. The third-order valence-electron chi connectivity index (χ3n) is 2.73. The zero-order chi connectivity index (χ0) is 14.2. The lowest BCUT2D eigenvalue weighted by Crippen LogP contribution is -2.46. The van der Waals surface area contributed by atoms with Crippen molar-refractivity contribution in [2.75, 3.05) is 0 Å². The molecular formula is C13H16N4O2. The van der Waals surface area contributed by atoms with Crippen LogP contribution in [0.1, 0.15) is 32.2 Å². The Morgan fingerprint density at radius 1 is 1.21 bits per heavy atom. The maximum Gasteiger partial charge on any atom is 0.272 e. The molecule has 6 nitrogen and oxygen atoms in total. The Labute approximate surface area is 108 Å². The van der Waals surface area contributed by atoms with Crippen molar-refractivity contribution in [1.29, 1.82) is 0 Å². The topological polar surface area (TPSA) is 94.4 Å². The fraction of sp³-hybridized carbons (Fsp3) is 0.308. The van der Waals surface area contributed by atoms with Crippen LogP contribution < -0.4 is 21.8 Å². The van der Waals surface area contributed by atoms with Crippen molar-refractivity contribution >= 4 is 12.7 Å². The molecule has 0 saturated carbocycles. The lowest BCUT2D eigenvalue weighted by Gasteiger charge is -2.16. The van der Waals surface area contributed by atoms with Crippen molar-refractivity contribution < 1.29 is 0 Å². The highest BCUT2D eigenvalue weighted by Gasteiger charge is 2.19. The molecule has 0 aliphatic carbocycles. The predicted octanol–water partition coefficient (Wildman–Crippen LogP) is -0.677. The summed E-state index contributed by atoms with van der Waals surface area (Å²) in [6.45, 7) is 9.54. The zero-order valence-electron chi connectivity index (χ0n) is 11.1. The molecule has 2 rings (SSSR count). The standard InChI is InChI=1S/C13H16N4O2/c1-7-11(18)17-9(12(19)16-7)5-8-10(13(2,3)4)15-6-14-8/h5-6H,1H2,2-4H3,(H,14,15)(H,16,19)(H,17,18)/b9-5-. The van der Waals surface area contributed by atoms with Gasteiger partial charge in [-0.05, 0) is 6.08 Å². The number of hydrogen-bond acceptors (Lipinski definition) is 3. The highest BCUT2D eigenvalue weighted by Crippen LogP contribution is 2.22. The van der Waals surface area contributed by atoms with Gasteiger partial charge in [0, 0.05) is 11.1 Å². The van der Waals surface area contributed by atoms with E-state index in [0.29, 0.717) is 5.69 Å². The van der Waals surface area contributed by atoms with E-state index in [2.05, 4.69) is 26.5 Å². The van der Waals surface area contributed by atoms with Crippen LogP contribution in [0.2, 0.25) is 0 Å². The van der Waals surface area contributed by atoms with Crippen molar-refractivity contribution in [3.8, 4) is 0 Å². The molecule has 2 heterocycles. The summed E-state index contributed by atoms with van der Waals surface area (Å²) in [5.41, 5.74) is 0.574. The first-order valence-electron chi connectivity index (χ1n) is 5.86. The SMILES string of the molecule is C=c1[nH]c(=O)/c(=C/c2nc[nH]c2C(C)(C)C)[nH]c1=O. The predicted molar refractivity (Wildman–Crippen MR) is 73.3 cm³/mol. The van der Waals surface area contributed by atoms with Gasteiger partial charge in [0.15, 0.2) is 0 Å².